The zero-order chi connectivity index (χ0) is 12.9. The molecule has 2 heteroatoms. The molecular formula is C15H32N2. The Morgan fingerprint density at radius 3 is 2.53 bits per heavy atom. The summed E-state index contributed by atoms with van der Waals surface area (Å²) in [4.78, 5) is 2.65. The van der Waals surface area contributed by atoms with Crippen molar-refractivity contribution in [3.8, 4) is 0 Å². The van der Waals surface area contributed by atoms with Crippen LogP contribution in [0.4, 0.5) is 0 Å². The first-order chi connectivity index (χ1) is 7.97. The second-order valence-electron chi connectivity index (χ2n) is 6.60. The second kappa shape index (κ2) is 6.75. The van der Waals surface area contributed by atoms with Crippen molar-refractivity contribution in [1.29, 1.82) is 0 Å². The molecule has 0 amide bonds. The summed E-state index contributed by atoms with van der Waals surface area (Å²) in [7, 11) is 0. The zero-order valence-corrected chi connectivity index (χ0v) is 12.6. The molecule has 1 atom stereocenters. The highest BCUT2D eigenvalue weighted by Gasteiger charge is 2.32. The third kappa shape index (κ3) is 4.59. The number of nitrogens with one attached hydrogen (secondary N) is 1. The number of nitrogens with zero attached hydrogens (tertiary/aromatic N) is 1. The maximum Gasteiger partial charge on any atom is 0.00388 e. The van der Waals surface area contributed by atoms with Crippen LogP contribution in [0.5, 0.6) is 0 Å². The predicted molar refractivity (Wildman–Crippen MR) is 76.4 cm³/mol. The first-order valence-corrected chi connectivity index (χ1v) is 7.42. The summed E-state index contributed by atoms with van der Waals surface area (Å²) < 4.78 is 0. The quantitative estimate of drug-likeness (QED) is 0.767. The average Bonchev–Trinajstić information content (AvgIpc) is 2.29. The molecule has 102 valence electrons. The SMILES string of the molecule is CCCN(CC(C)(C)C1CCCNC1)C(C)C. The van der Waals surface area contributed by atoms with Crippen molar-refractivity contribution < 1.29 is 0 Å². The maximum atomic E-state index is 3.56. The van der Waals surface area contributed by atoms with Crippen molar-refractivity contribution >= 4 is 0 Å². The first-order valence-electron chi connectivity index (χ1n) is 7.42. The van der Waals surface area contributed by atoms with Gasteiger partial charge in [-0.25, -0.2) is 0 Å². The van der Waals surface area contributed by atoms with E-state index in [-0.39, 0.29) is 0 Å². The van der Waals surface area contributed by atoms with Gasteiger partial charge in [-0.2, -0.15) is 0 Å². The molecule has 2 nitrogen and oxygen atoms in total. The van der Waals surface area contributed by atoms with Crippen LogP contribution in [0, 0.1) is 11.3 Å². The molecule has 1 aliphatic heterocycles. The van der Waals surface area contributed by atoms with Gasteiger partial charge in [0.05, 0.1) is 0 Å². The van der Waals surface area contributed by atoms with E-state index < -0.39 is 0 Å². The minimum Gasteiger partial charge on any atom is -0.316 e. The zero-order valence-electron chi connectivity index (χ0n) is 12.6. The average molecular weight is 240 g/mol. The highest BCUT2D eigenvalue weighted by molar-refractivity contribution is 4.86. The van der Waals surface area contributed by atoms with Crippen LogP contribution in [-0.4, -0.2) is 37.1 Å². The third-order valence-corrected chi connectivity index (χ3v) is 4.25. The maximum absolute atomic E-state index is 3.56. The van der Waals surface area contributed by atoms with Gasteiger partial charge in [0, 0.05) is 12.6 Å². The fourth-order valence-corrected chi connectivity index (χ4v) is 2.98. The molecule has 0 aromatic rings. The molecule has 0 aromatic heterocycles. The van der Waals surface area contributed by atoms with E-state index in [1.54, 1.807) is 0 Å². The van der Waals surface area contributed by atoms with E-state index in [0.29, 0.717) is 11.5 Å². The Morgan fingerprint density at radius 1 is 1.35 bits per heavy atom. The van der Waals surface area contributed by atoms with Crippen LogP contribution in [0.15, 0.2) is 0 Å². The Bertz CT molecular complexity index is 205. The summed E-state index contributed by atoms with van der Waals surface area (Å²) in [6.45, 7) is 16.7. The molecule has 1 saturated heterocycles. The summed E-state index contributed by atoms with van der Waals surface area (Å²) >= 11 is 0. The molecule has 1 unspecified atom stereocenters. The summed E-state index contributed by atoms with van der Waals surface area (Å²) in [5, 5.41) is 3.56. The van der Waals surface area contributed by atoms with E-state index in [2.05, 4.69) is 44.8 Å². The van der Waals surface area contributed by atoms with E-state index in [1.807, 2.05) is 0 Å². The first kappa shape index (κ1) is 15.0. The Kier molecular flexibility index (Phi) is 5.94. The predicted octanol–water partition coefficient (Wildman–Crippen LogP) is 3.13. The normalized spacial score (nSPS) is 22.4. The number of piperidine rings is 1. The van der Waals surface area contributed by atoms with E-state index in [1.165, 1.54) is 45.4 Å². The number of hydrogen-bond donors (Lipinski definition) is 1. The van der Waals surface area contributed by atoms with Crippen LogP contribution in [0.3, 0.4) is 0 Å². The fraction of sp³-hybridized carbons (Fsp3) is 1.00. The Labute approximate surface area is 108 Å². The Morgan fingerprint density at radius 2 is 2.06 bits per heavy atom. The topological polar surface area (TPSA) is 15.3 Å². The largest absolute Gasteiger partial charge is 0.316 e. The van der Waals surface area contributed by atoms with Gasteiger partial charge in [0.15, 0.2) is 0 Å². The molecule has 0 aliphatic carbocycles. The summed E-state index contributed by atoms with van der Waals surface area (Å²) in [5.41, 5.74) is 0.437. The third-order valence-electron chi connectivity index (χ3n) is 4.25. The van der Waals surface area contributed by atoms with Crippen LogP contribution in [-0.2, 0) is 0 Å². The highest BCUT2D eigenvalue weighted by Crippen LogP contribution is 2.33. The van der Waals surface area contributed by atoms with Crippen LogP contribution >= 0.6 is 0 Å². The minimum absolute atomic E-state index is 0.437. The standard InChI is InChI=1S/C15H32N2/c1-6-10-17(13(2)3)12-15(4,5)14-8-7-9-16-11-14/h13-14,16H,6-12H2,1-5H3. The molecule has 1 heterocycles. The Balaban J connectivity index is 2.55. The van der Waals surface area contributed by atoms with E-state index in [4.69, 9.17) is 0 Å². The summed E-state index contributed by atoms with van der Waals surface area (Å²) in [6, 6.07) is 0.672. The second-order valence-corrected chi connectivity index (χ2v) is 6.60. The van der Waals surface area contributed by atoms with Gasteiger partial charge in [-0.1, -0.05) is 20.8 Å². The summed E-state index contributed by atoms with van der Waals surface area (Å²) in [6.07, 6.45) is 4.01. The molecule has 17 heavy (non-hydrogen) atoms. The van der Waals surface area contributed by atoms with Gasteiger partial charge in [-0.15, -0.1) is 0 Å². The van der Waals surface area contributed by atoms with Crippen molar-refractivity contribution in [2.75, 3.05) is 26.2 Å². The lowest BCUT2D eigenvalue weighted by atomic mass is 9.74. The van der Waals surface area contributed by atoms with Crippen molar-refractivity contribution in [3.63, 3.8) is 0 Å². The van der Waals surface area contributed by atoms with Gasteiger partial charge < -0.3 is 10.2 Å². The molecule has 0 radical (unpaired) electrons. The lowest BCUT2D eigenvalue weighted by Gasteiger charge is -2.42. The molecule has 0 saturated carbocycles. The Hall–Kier alpha value is -0.0800. The molecular weight excluding hydrogens is 208 g/mol. The molecule has 1 N–H and O–H groups in total. The van der Waals surface area contributed by atoms with Crippen LogP contribution in [0.25, 0.3) is 0 Å². The van der Waals surface area contributed by atoms with Gasteiger partial charge >= 0.3 is 0 Å². The minimum atomic E-state index is 0.437. The van der Waals surface area contributed by atoms with Crippen LogP contribution in [0.2, 0.25) is 0 Å². The molecule has 0 bridgehead atoms. The van der Waals surface area contributed by atoms with Crippen LogP contribution < -0.4 is 5.32 Å². The number of rotatable bonds is 6. The van der Waals surface area contributed by atoms with Gasteiger partial charge in [0.1, 0.15) is 0 Å². The van der Waals surface area contributed by atoms with E-state index in [0.717, 1.165) is 5.92 Å². The van der Waals surface area contributed by atoms with Crippen LogP contribution in [0.1, 0.15) is 53.9 Å². The smallest absolute Gasteiger partial charge is 0.00388 e. The van der Waals surface area contributed by atoms with Crippen molar-refractivity contribution in [2.45, 2.75) is 59.9 Å². The molecule has 1 aliphatic rings. The fourth-order valence-electron chi connectivity index (χ4n) is 2.98. The van der Waals surface area contributed by atoms with Gasteiger partial charge in [-0.3, -0.25) is 0 Å². The molecule has 0 aromatic carbocycles. The lowest BCUT2D eigenvalue weighted by Crippen LogP contribution is -2.46. The highest BCUT2D eigenvalue weighted by atomic mass is 15.1. The van der Waals surface area contributed by atoms with Crippen molar-refractivity contribution in [2.24, 2.45) is 11.3 Å². The molecule has 1 fully saturated rings. The van der Waals surface area contributed by atoms with Gasteiger partial charge in [0.25, 0.3) is 0 Å². The molecule has 0 spiro atoms. The van der Waals surface area contributed by atoms with Gasteiger partial charge in [-0.05, 0) is 64.1 Å². The molecule has 1 rings (SSSR count). The number of hydrogen-bond acceptors (Lipinski definition) is 2. The van der Waals surface area contributed by atoms with Crippen molar-refractivity contribution in [1.82, 2.24) is 10.2 Å². The lowest BCUT2D eigenvalue weighted by molar-refractivity contribution is 0.0826. The monoisotopic (exact) mass is 240 g/mol. The van der Waals surface area contributed by atoms with Gasteiger partial charge in [0.2, 0.25) is 0 Å². The van der Waals surface area contributed by atoms with E-state index >= 15 is 0 Å². The van der Waals surface area contributed by atoms with E-state index in [9.17, 15) is 0 Å². The van der Waals surface area contributed by atoms with Crippen molar-refractivity contribution in [3.05, 3.63) is 0 Å². The summed E-state index contributed by atoms with van der Waals surface area (Å²) in [5.74, 6) is 0.842.